The number of carbonyl (C=O) groups is 3. The van der Waals surface area contributed by atoms with Crippen molar-refractivity contribution in [2.24, 2.45) is 11.8 Å². The molecule has 1 saturated carbocycles. The quantitative estimate of drug-likeness (QED) is 0.441. The number of halogens is 1. The number of unbranched alkanes of at least 4 members (excludes halogenated alkanes) is 1. The summed E-state index contributed by atoms with van der Waals surface area (Å²) in [4.78, 5) is 45.3. The van der Waals surface area contributed by atoms with Gasteiger partial charge in [0.2, 0.25) is 17.7 Å². The number of ether oxygens (including phenoxy) is 1. The van der Waals surface area contributed by atoms with Crippen LogP contribution in [0.15, 0.2) is 36.4 Å². The molecule has 2 bridgehead atoms. The van der Waals surface area contributed by atoms with Crippen LogP contribution >= 0.6 is 11.6 Å². The molecule has 0 aromatic heterocycles. The SMILES string of the molecule is CCCCN(C)CCN1C(=O)[C@@H]2[C@@H](C(=O)Nc3ccc(Cl)cc3)[C@@H]3C=C[C@@]2(O3)[C@H]1C(=O)NC1CCCCC1. The number of fused-ring (bicyclic) bond motifs is 1. The van der Waals surface area contributed by atoms with Gasteiger partial charge in [-0.1, -0.05) is 56.4 Å². The van der Waals surface area contributed by atoms with Gasteiger partial charge in [-0.2, -0.15) is 0 Å². The Morgan fingerprint density at radius 2 is 1.87 bits per heavy atom. The zero-order chi connectivity index (χ0) is 26.9. The van der Waals surface area contributed by atoms with Crippen molar-refractivity contribution in [2.75, 3.05) is 32.0 Å². The van der Waals surface area contributed by atoms with Gasteiger partial charge in [0, 0.05) is 29.8 Å². The minimum atomic E-state index is -1.13. The molecule has 1 aromatic carbocycles. The summed E-state index contributed by atoms with van der Waals surface area (Å²) in [5.74, 6) is -2.09. The van der Waals surface area contributed by atoms with Crippen LogP contribution in [0.3, 0.4) is 0 Å². The predicted molar refractivity (Wildman–Crippen MR) is 147 cm³/mol. The monoisotopic (exact) mass is 542 g/mol. The van der Waals surface area contributed by atoms with E-state index >= 15 is 0 Å². The fourth-order valence-electron chi connectivity index (χ4n) is 6.61. The molecule has 1 aromatic rings. The van der Waals surface area contributed by atoms with Gasteiger partial charge in [0.1, 0.15) is 11.6 Å². The lowest BCUT2D eigenvalue weighted by Gasteiger charge is -2.34. The van der Waals surface area contributed by atoms with Gasteiger partial charge in [0.05, 0.1) is 17.9 Å². The van der Waals surface area contributed by atoms with Crippen LogP contribution in [0, 0.1) is 11.8 Å². The van der Waals surface area contributed by atoms with Gasteiger partial charge < -0.3 is 25.2 Å². The third-order valence-corrected chi connectivity index (χ3v) is 8.86. The maximum Gasteiger partial charge on any atom is 0.246 e. The van der Waals surface area contributed by atoms with Crippen LogP contribution in [0.5, 0.6) is 0 Å². The van der Waals surface area contributed by atoms with Crippen LogP contribution in [-0.4, -0.2) is 78.0 Å². The van der Waals surface area contributed by atoms with Crippen molar-refractivity contribution >= 4 is 35.0 Å². The summed E-state index contributed by atoms with van der Waals surface area (Å²) < 4.78 is 6.44. The third kappa shape index (κ3) is 5.10. The zero-order valence-corrected chi connectivity index (χ0v) is 23.1. The fraction of sp³-hybridized carbons (Fsp3) is 0.621. The molecule has 9 heteroatoms. The van der Waals surface area contributed by atoms with Gasteiger partial charge in [-0.3, -0.25) is 14.4 Å². The summed E-state index contributed by atoms with van der Waals surface area (Å²) in [5.41, 5.74) is -0.531. The van der Waals surface area contributed by atoms with Gasteiger partial charge in [0.15, 0.2) is 0 Å². The van der Waals surface area contributed by atoms with Crippen molar-refractivity contribution in [1.82, 2.24) is 15.1 Å². The molecule has 38 heavy (non-hydrogen) atoms. The van der Waals surface area contributed by atoms with E-state index in [4.69, 9.17) is 16.3 Å². The Morgan fingerprint density at radius 3 is 2.58 bits per heavy atom. The molecule has 0 unspecified atom stereocenters. The molecule has 3 fully saturated rings. The second kappa shape index (κ2) is 11.4. The molecule has 2 N–H and O–H groups in total. The Kier molecular flexibility index (Phi) is 8.12. The smallest absolute Gasteiger partial charge is 0.246 e. The lowest BCUT2D eigenvalue weighted by Crippen LogP contribution is -2.57. The van der Waals surface area contributed by atoms with Gasteiger partial charge in [-0.25, -0.2) is 0 Å². The van der Waals surface area contributed by atoms with Gasteiger partial charge >= 0.3 is 0 Å². The lowest BCUT2D eigenvalue weighted by atomic mass is 9.74. The van der Waals surface area contributed by atoms with Crippen LogP contribution in [-0.2, 0) is 19.1 Å². The Bertz CT molecular complexity index is 1070. The van der Waals surface area contributed by atoms with Crippen molar-refractivity contribution in [3.05, 3.63) is 41.4 Å². The summed E-state index contributed by atoms with van der Waals surface area (Å²) in [6.07, 6.45) is 10.6. The minimum absolute atomic E-state index is 0.113. The number of likely N-dealkylation sites (N-methyl/N-ethyl adjacent to an activating group) is 1. The molecule has 5 rings (SSSR count). The van der Waals surface area contributed by atoms with E-state index in [1.54, 1.807) is 29.2 Å². The predicted octanol–water partition coefficient (Wildman–Crippen LogP) is 3.61. The first-order valence-electron chi connectivity index (χ1n) is 14.1. The first-order valence-corrected chi connectivity index (χ1v) is 14.4. The highest BCUT2D eigenvalue weighted by Crippen LogP contribution is 2.55. The Labute approximate surface area is 230 Å². The average molecular weight is 543 g/mol. The molecule has 5 atom stereocenters. The number of nitrogens with zero attached hydrogens (tertiary/aromatic N) is 2. The van der Waals surface area contributed by atoms with E-state index < -0.39 is 29.6 Å². The van der Waals surface area contributed by atoms with E-state index in [1.807, 2.05) is 19.2 Å². The molecular weight excluding hydrogens is 504 g/mol. The topological polar surface area (TPSA) is 91.0 Å². The molecule has 206 valence electrons. The van der Waals surface area contributed by atoms with Crippen molar-refractivity contribution in [3.63, 3.8) is 0 Å². The maximum atomic E-state index is 14.0. The van der Waals surface area contributed by atoms with E-state index in [9.17, 15) is 14.4 Å². The number of nitrogens with one attached hydrogen (secondary N) is 2. The van der Waals surface area contributed by atoms with Crippen molar-refractivity contribution in [2.45, 2.75) is 75.7 Å². The minimum Gasteiger partial charge on any atom is -0.359 e. The Hall–Kier alpha value is -2.42. The number of anilines is 1. The molecule has 8 nitrogen and oxygen atoms in total. The standard InChI is InChI=1S/C29H39ClN4O4/c1-3-4-16-33(2)17-18-34-25(27(36)32-20-8-6-5-7-9-20)29-15-14-22(38-29)23(24(29)28(34)37)26(35)31-21-12-10-19(30)11-13-21/h10-15,20,22-25H,3-9,16-18H2,1-2H3,(H,31,35)(H,32,36)/t22-,23-,24-,25+,29-/m0/s1. The Morgan fingerprint density at radius 1 is 1.13 bits per heavy atom. The molecule has 3 heterocycles. The number of hydrogen-bond acceptors (Lipinski definition) is 5. The normalized spacial score (nSPS) is 30.2. The average Bonchev–Trinajstić information content (AvgIpc) is 3.55. The first-order chi connectivity index (χ1) is 18.3. The number of rotatable bonds is 10. The summed E-state index contributed by atoms with van der Waals surface area (Å²) in [5, 5.41) is 6.75. The molecule has 0 radical (unpaired) electrons. The summed E-state index contributed by atoms with van der Waals surface area (Å²) in [6.45, 7) is 4.14. The Balaban J connectivity index is 1.39. The fourth-order valence-corrected chi connectivity index (χ4v) is 6.74. The number of amides is 3. The summed E-state index contributed by atoms with van der Waals surface area (Å²) >= 11 is 6.00. The van der Waals surface area contributed by atoms with Gasteiger partial charge in [-0.15, -0.1) is 0 Å². The number of hydrogen-bond donors (Lipinski definition) is 2. The highest BCUT2D eigenvalue weighted by atomic mass is 35.5. The van der Waals surface area contributed by atoms with Gasteiger partial charge in [0.25, 0.3) is 0 Å². The van der Waals surface area contributed by atoms with Crippen molar-refractivity contribution in [3.8, 4) is 0 Å². The molecular formula is C29H39ClN4O4. The van der Waals surface area contributed by atoms with E-state index in [-0.39, 0.29) is 23.8 Å². The third-order valence-electron chi connectivity index (χ3n) is 8.60. The van der Waals surface area contributed by atoms with E-state index in [1.165, 1.54) is 6.42 Å². The zero-order valence-electron chi connectivity index (χ0n) is 22.3. The number of benzene rings is 1. The largest absolute Gasteiger partial charge is 0.359 e. The summed E-state index contributed by atoms with van der Waals surface area (Å²) in [7, 11) is 2.04. The maximum absolute atomic E-state index is 14.0. The second-order valence-electron chi connectivity index (χ2n) is 11.2. The number of carbonyl (C=O) groups excluding carboxylic acids is 3. The lowest BCUT2D eigenvalue weighted by molar-refractivity contribution is -0.141. The van der Waals surface area contributed by atoms with E-state index in [0.29, 0.717) is 23.8 Å². The van der Waals surface area contributed by atoms with Crippen molar-refractivity contribution < 1.29 is 19.1 Å². The molecule has 1 aliphatic carbocycles. The second-order valence-corrected chi connectivity index (χ2v) is 11.7. The molecule has 2 saturated heterocycles. The van der Waals surface area contributed by atoms with E-state index in [2.05, 4.69) is 22.5 Å². The van der Waals surface area contributed by atoms with Crippen LogP contribution in [0.1, 0.15) is 51.9 Å². The first kappa shape index (κ1) is 27.2. The summed E-state index contributed by atoms with van der Waals surface area (Å²) in [6, 6.07) is 6.20. The van der Waals surface area contributed by atoms with Gasteiger partial charge in [-0.05, 0) is 57.1 Å². The highest BCUT2D eigenvalue weighted by Gasteiger charge is 2.72. The van der Waals surface area contributed by atoms with Crippen LogP contribution in [0.25, 0.3) is 0 Å². The molecule has 1 spiro atoms. The van der Waals surface area contributed by atoms with Crippen molar-refractivity contribution in [1.29, 1.82) is 0 Å². The van der Waals surface area contributed by atoms with Crippen LogP contribution < -0.4 is 10.6 Å². The molecule has 3 amide bonds. The highest BCUT2D eigenvalue weighted by molar-refractivity contribution is 6.30. The van der Waals surface area contributed by atoms with Crippen LogP contribution in [0.2, 0.25) is 5.02 Å². The van der Waals surface area contributed by atoms with E-state index in [0.717, 1.165) is 45.1 Å². The number of likely N-dealkylation sites (tertiary alicyclic amines) is 1. The van der Waals surface area contributed by atoms with Crippen LogP contribution in [0.4, 0.5) is 5.69 Å². The molecule has 4 aliphatic rings. The molecule has 3 aliphatic heterocycles.